The standard InChI is InChI=1S/C12H24N2O2/c1-11(2-5-16-10-11)14-9-12(8-13)3-6-15-7-4-12/h14H,2-10,13H2,1H3. The molecule has 0 radical (unpaired) electrons. The zero-order valence-electron chi connectivity index (χ0n) is 10.3. The van der Waals surface area contributed by atoms with Crippen LogP contribution in [-0.4, -0.2) is 45.1 Å². The fourth-order valence-electron chi connectivity index (χ4n) is 2.46. The van der Waals surface area contributed by atoms with Crippen LogP contribution < -0.4 is 11.1 Å². The molecule has 0 aromatic carbocycles. The number of ether oxygens (including phenoxy) is 2. The van der Waals surface area contributed by atoms with Crippen molar-refractivity contribution in [1.29, 1.82) is 0 Å². The molecule has 4 heteroatoms. The Balaban J connectivity index is 1.86. The maximum atomic E-state index is 5.94. The Hall–Kier alpha value is -0.160. The van der Waals surface area contributed by atoms with Crippen molar-refractivity contribution in [3.05, 3.63) is 0 Å². The average Bonchev–Trinajstić information content (AvgIpc) is 2.76. The molecule has 1 atom stereocenters. The van der Waals surface area contributed by atoms with Gasteiger partial charge in [0.15, 0.2) is 0 Å². The molecule has 16 heavy (non-hydrogen) atoms. The zero-order valence-corrected chi connectivity index (χ0v) is 10.3. The van der Waals surface area contributed by atoms with Gasteiger partial charge in [-0.1, -0.05) is 0 Å². The van der Waals surface area contributed by atoms with Crippen LogP contribution in [0, 0.1) is 5.41 Å². The van der Waals surface area contributed by atoms with E-state index in [9.17, 15) is 0 Å². The molecule has 2 aliphatic rings. The van der Waals surface area contributed by atoms with Gasteiger partial charge in [0.05, 0.1) is 6.61 Å². The lowest BCUT2D eigenvalue weighted by molar-refractivity contribution is 0.0152. The first-order valence-corrected chi connectivity index (χ1v) is 6.29. The second kappa shape index (κ2) is 5.00. The number of nitrogens with two attached hydrogens (primary N) is 1. The van der Waals surface area contributed by atoms with Crippen molar-refractivity contribution in [1.82, 2.24) is 5.32 Å². The van der Waals surface area contributed by atoms with Gasteiger partial charge in [-0.2, -0.15) is 0 Å². The van der Waals surface area contributed by atoms with E-state index in [4.69, 9.17) is 15.2 Å². The molecule has 2 fully saturated rings. The van der Waals surface area contributed by atoms with Gasteiger partial charge in [0.2, 0.25) is 0 Å². The highest BCUT2D eigenvalue weighted by atomic mass is 16.5. The van der Waals surface area contributed by atoms with E-state index in [0.717, 1.165) is 58.8 Å². The first kappa shape index (κ1) is 12.3. The zero-order chi connectivity index (χ0) is 11.5. The molecule has 0 bridgehead atoms. The number of hydrogen-bond acceptors (Lipinski definition) is 4. The number of rotatable bonds is 4. The van der Waals surface area contributed by atoms with E-state index in [1.54, 1.807) is 0 Å². The van der Waals surface area contributed by atoms with Gasteiger partial charge in [-0.3, -0.25) is 0 Å². The smallest absolute Gasteiger partial charge is 0.0646 e. The topological polar surface area (TPSA) is 56.5 Å². The largest absolute Gasteiger partial charge is 0.381 e. The molecule has 0 aromatic rings. The number of hydrogen-bond donors (Lipinski definition) is 2. The summed E-state index contributed by atoms with van der Waals surface area (Å²) in [5.41, 5.74) is 6.33. The van der Waals surface area contributed by atoms with Crippen LogP contribution in [0.1, 0.15) is 26.2 Å². The third-order valence-electron chi connectivity index (χ3n) is 4.10. The first-order chi connectivity index (χ1) is 7.68. The van der Waals surface area contributed by atoms with E-state index in [1.165, 1.54) is 0 Å². The molecule has 2 aliphatic heterocycles. The van der Waals surface area contributed by atoms with Crippen molar-refractivity contribution in [3.8, 4) is 0 Å². The Bertz CT molecular complexity index is 221. The fraction of sp³-hybridized carbons (Fsp3) is 1.00. The maximum Gasteiger partial charge on any atom is 0.0646 e. The van der Waals surface area contributed by atoms with E-state index >= 15 is 0 Å². The molecule has 0 spiro atoms. The van der Waals surface area contributed by atoms with Gasteiger partial charge in [0, 0.05) is 31.9 Å². The minimum absolute atomic E-state index is 0.153. The van der Waals surface area contributed by atoms with Crippen LogP contribution >= 0.6 is 0 Å². The van der Waals surface area contributed by atoms with Crippen molar-refractivity contribution in [2.75, 3.05) is 39.5 Å². The Morgan fingerprint density at radius 1 is 1.12 bits per heavy atom. The molecule has 0 amide bonds. The van der Waals surface area contributed by atoms with Crippen LogP contribution in [0.4, 0.5) is 0 Å². The van der Waals surface area contributed by atoms with Crippen molar-refractivity contribution in [2.24, 2.45) is 11.1 Å². The second-order valence-electron chi connectivity index (χ2n) is 5.53. The Morgan fingerprint density at radius 2 is 1.81 bits per heavy atom. The van der Waals surface area contributed by atoms with Gasteiger partial charge in [-0.25, -0.2) is 0 Å². The third kappa shape index (κ3) is 2.74. The lowest BCUT2D eigenvalue weighted by Crippen LogP contribution is -2.52. The first-order valence-electron chi connectivity index (χ1n) is 6.29. The highest BCUT2D eigenvalue weighted by Gasteiger charge is 2.35. The van der Waals surface area contributed by atoms with Crippen LogP contribution in [0.5, 0.6) is 0 Å². The molecular weight excluding hydrogens is 204 g/mol. The summed E-state index contributed by atoms with van der Waals surface area (Å²) in [4.78, 5) is 0. The van der Waals surface area contributed by atoms with Crippen molar-refractivity contribution in [2.45, 2.75) is 31.7 Å². The monoisotopic (exact) mass is 228 g/mol. The summed E-state index contributed by atoms with van der Waals surface area (Å²) < 4.78 is 10.9. The Labute approximate surface area is 97.9 Å². The molecular formula is C12H24N2O2. The van der Waals surface area contributed by atoms with Crippen LogP contribution in [-0.2, 0) is 9.47 Å². The predicted octanol–water partition coefficient (Wildman–Crippen LogP) is 0.511. The molecule has 2 saturated heterocycles. The van der Waals surface area contributed by atoms with E-state index in [-0.39, 0.29) is 11.0 Å². The summed E-state index contributed by atoms with van der Waals surface area (Å²) in [5.74, 6) is 0. The molecule has 94 valence electrons. The van der Waals surface area contributed by atoms with Crippen molar-refractivity contribution >= 4 is 0 Å². The van der Waals surface area contributed by atoms with Crippen molar-refractivity contribution in [3.63, 3.8) is 0 Å². The third-order valence-corrected chi connectivity index (χ3v) is 4.10. The highest BCUT2D eigenvalue weighted by Crippen LogP contribution is 2.30. The molecule has 2 heterocycles. The second-order valence-corrected chi connectivity index (χ2v) is 5.53. The van der Waals surface area contributed by atoms with Gasteiger partial charge >= 0.3 is 0 Å². The van der Waals surface area contributed by atoms with Crippen LogP contribution in [0.15, 0.2) is 0 Å². The minimum atomic E-state index is 0.153. The molecule has 2 rings (SSSR count). The predicted molar refractivity (Wildman–Crippen MR) is 63.4 cm³/mol. The van der Waals surface area contributed by atoms with E-state index in [2.05, 4.69) is 12.2 Å². The maximum absolute atomic E-state index is 5.94. The summed E-state index contributed by atoms with van der Waals surface area (Å²) in [5, 5.41) is 3.66. The fourth-order valence-corrected chi connectivity index (χ4v) is 2.46. The molecule has 0 aliphatic carbocycles. The Kier molecular flexibility index (Phi) is 3.85. The van der Waals surface area contributed by atoms with E-state index in [1.807, 2.05) is 0 Å². The van der Waals surface area contributed by atoms with Crippen molar-refractivity contribution < 1.29 is 9.47 Å². The molecule has 1 unspecified atom stereocenters. The average molecular weight is 228 g/mol. The summed E-state index contributed by atoms with van der Waals surface area (Å²) >= 11 is 0. The quantitative estimate of drug-likeness (QED) is 0.736. The van der Waals surface area contributed by atoms with Gasteiger partial charge in [-0.15, -0.1) is 0 Å². The normalized spacial score (nSPS) is 34.1. The SMILES string of the molecule is CC1(NCC2(CN)CCOCC2)CCOC1. The van der Waals surface area contributed by atoms with Gasteiger partial charge < -0.3 is 20.5 Å². The minimum Gasteiger partial charge on any atom is -0.381 e. The number of nitrogens with one attached hydrogen (secondary N) is 1. The Morgan fingerprint density at radius 3 is 2.38 bits per heavy atom. The molecule has 0 saturated carbocycles. The van der Waals surface area contributed by atoms with Gasteiger partial charge in [0.25, 0.3) is 0 Å². The van der Waals surface area contributed by atoms with E-state index in [0.29, 0.717) is 0 Å². The van der Waals surface area contributed by atoms with Crippen LogP contribution in [0.2, 0.25) is 0 Å². The highest BCUT2D eigenvalue weighted by molar-refractivity contribution is 4.92. The lowest BCUT2D eigenvalue weighted by atomic mass is 9.79. The molecule has 0 aromatic heterocycles. The summed E-state index contributed by atoms with van der Waals surface area (Å²) in [6.07, 6.45) is 3.25. The summed E-state index contributed by atoms with van der Waals surface area (Å²) in [6, 6.07) is 0. The van der Waals surface area contributed by atoms with Gasteiger partial charge in [-0.05, 0) is 38.1 Å². The molecule has 3 N–H and O–H groups in total. The van der Waals surface area contributed by atoms with E-state index < -0.39 is 0 Å². The molecule has 4 nitrogen and oxygen atoms in total. The summed E-state index contributed by atoms with van der Waals surface area (Å²) in [6.45, 7) is 7.39. The summed E-state index contributed by atoms with van der Waals surface area (Å²) in [7, 11) is 0. The lowest BCUT2D eigenvalue weighted by Gasteiger charge is -2.39. The van der Waals surface area contributed by atoms with Crippen LogP contribution in [0.3, 0.4) is 0 Å². The van der Waals surface area contributed by atoms with Crippen LogP contribution in [0.25, 0.3) is 0 Å². The van der Waals surface area contributed by atoms with Gasteiger partial charge in [0.1, 0.15) is 0 Å².